The zero-order valence-electron chi connectivity index (χ0n) is 43.0. The van der Waals surface area contributed by atoms with E-state index in [-0.39, 0.29) is 21.1 Å². The van der Waals surface area contributed by atoms with Crippen molar-refractivity contribution in [2.24, 2.45) is 0 Å². The minimum Gasteiger partial charge on any atom is -0.466 e. The Hall–Kier alpha value is -4.79. The van der Waals surface area contributed by atoms with Gasteiger partial charge in [0, 0.05) is 82.9 Å². The topological polar surface area (TPSA) is 140 Å². The van der Waals surface area contributed by atoms with Gasteiger partial charge >= 0.3 is 134 Å². The van der Waals surface area contributed by atoms with Crippen molar-refractivity contribution < 1.29 is 42.4 Å². The zero-order valence-corrected chi connectivity index (χ0v) is 56.8. The zero-order chi connectivity index (χ0) is 55.2. The van der Waals surface area contributed by atoms with Gasteiger partial charge in [-0.05, 0) is 89.1 Å². The fourth-order valence-corrected chi connectivity index (χ4v) is 10.2. The Morgan fingerprint density at radius 2 is 0.963 bits per heavy atom. The van der Waals surface area contributed by atoms with Crippen LogP contribution in [0, 0.1) is 12.1 Å². The van der Waals surface area contributed by atoms with E-state index in [0.717, 1.165) is 105 Å². The van der Waals surface area contributed by atoms with Gasteiger partial charge in [-0.3, -0.25) is 23.9 Å². The summed E-state index contributed by atoms with van der Waals surface area (Å²) >= 11 is -0.556. The van der Waals surface area contributed by atoms with Crippen molar-refractivity contribution in [3.8, 4) is 34.9 Å². The summed E-state index contributed by atoms with van der Waals surface area (Å²) in [5.74, 6) is 3.92. The SMILES string of the molecule is [Cl][Pt]([Cl])([Cl])[Cl].[K][K].[Pt+2].[c-]1c(Oc2ccc3c(n2)c2[c-]ccn2c2nccnc32)ccc2c3ccccc3n(-c3ccccn3)c12.c1ccc(-n2c3ccccc3c3ccc(Oc4ccc5c(n4)c4cccn4c4nccnc54)cc32)nc1. The maximum Gasteiger partial charge on any atom is 2.00 e. The van der Waals surface area contributed by atoms with E-state index in [0.29, 0.717) is 23.3 Å². The first-order valence-electron chi connectivity index (χ1n) is 25.3. The number of pyridine rings is 6. The van der Waals surface area contributed by atoms with Crippen LogP contribution in [0.1, 0.15) is 0 Å². The van der Waals surface area contributed by atoms with Gasteiger partial charge < -0.3 is 18.4 Å². The molecule has 82 heavy (non-hydrogen) atoms. The van der Waals surface area contributed by atoms with E-state index in [1.165, 1.54) is 68.5 Å². The van der Waals surface area contributed by atoms with Crippen LogP contribution < -0.4 is 9.47 Å². The maximum atomic E-state index is 6.33. The van der Waals surface area contributed by atoms with E-state index < -0.39 is 11.9 Å². The molecule has 22 heteroatoms. The summed E-state index contributed by atoms with van der Waals surface area (Å²) in [4.78, 5) is 37.1. The summed E-state index contributed by atoms with van der Waals surface area (Å²) in [7, 11) is 20.0. The number of hydrogen-bond donors (Lipinski definition) is 0. The van der Waals surface area contributed by atoms with Crippen LogP contribution >= 0.6 is 37.7 Å². The summed E-state index contributed by atoms with van der Waals surface area (Å²) in [6, 6.07) is 58.9. The van der Waals surface area contributed by atoms with E-state index in [1.54, 1.807) is 31.0 Å². The van der Waals surface area contributed by atoms with Gasteiger partial charge in [-0.1, -0.05) is 71.8 Å². The van der Waals surface area contributed by atoms with Gasteiger partial charge in [0.05, 0.1) is 16.6 Å². The van der Waals surface area contributed by atoms with Crippen molar-refractivity contribution in [3.05, 3.63) is 219 Å². The largest absolute Gasteiger partial charge is 2.00 e. The molecule has 0 aliphatic rings. The van der Waals surface area contributed by atoms with Crippen molar-refractivity contribution in [2.75, 3.05) is 0 Å². The Bertz CT molecular complexity index is 4720. The Morgan fingerprint density at radius 1 is 0.427 bits per heavy atom. The first kappa shape index (κ1) is 57.6. The first-order valence-corrected chi connectivity index (χ1v) is 52.5. The summed E-state index contributed by atoms with van der Waals surface area (Å²) in [5.41, 5.74) is 10.6. The van der Waals surface area contributed by atoms with Gasteiger partial charge in [0.1, 0.15) is 39.6 Å². The van der Waals surface area contributed by atoms with Crippen molar-refractivity contribution in [2.45, 2.75) is 0 Å². The second-order valence-corrected chi connectivity index (χ2v) is 37.5. The number of aromatic nitrogens is 12. The van der Waals surface area contributed by atoms with Crippen LogP contribution in [0.15, 0.2) is 207 Å². The second-order valence-electron chi connectivity index (χ2n) is 17.8. The van der Waals surface area contributed by atoms with Crippen molar-refractivity contribution in [1.82, 2.24) is 57.8 Å². The van der Waals surface area contributed by atoms with Gasteiger partial charge in [0.2, 0.25) is 11.8 Å². The third-order valence-electron chi connectivity index (χ3n) is 13.4. The molecule has 0 aliphatic carbocycles. The Labute approximate surface area is 545 Å². The number of benzene rings is 4. The molecular weight excluding hydrogens is 1530 g/mol. The molecule has 16 rings (SSSR count). The van der Waals surface area contributed by atoms with Gasteiger partial charge in [-0.15, -0.1) is 17.5 Å². The monoisotopic (exact) mass is 1560 g/mol. The molecule has 0 N–H and O–H groups in total. The molecule has 12 heterocycles. The number of fused-ring (bicyclic) bond motifs is 18. The van der Waals surface area contributed by atoms with Crippen LogP contribution in [-0.2, 0) is 33.0 Å². The quantitative estimate of drug-likeness (QED) is 0.0898. The van der Waals surface area contributed by atoms with Crippen LogP contribution in [-0.4, -0.2) is 121 Å². The molecule has 4 aromatic carbocycles. The van der Waals surface area contributed by atoms with E-state index in [1.807, 2.05) is 137 Å². The Balaban J connectivity index is 0.000000145. The average Bonchev–Trinajstić information content (AvgIpc) is 3.28. The molecule has 14 nitrogen and oxygen atoms in total. The molecular formula is C60H34Cl4K2N12O2Pt2. The normalized spacial score (nSPS) is 11.7. The molecule has 0 atom stereocenters. The fraction of sp³-hybridized carbons (Fsp3) is 0. The van der Waals surface area contributed by atoms with Crippen molar-refractivity contribution in [3.63, 3.8) is 0 Å². The molecule has 0 amide bonds. The number of ether oxygens (including phenoxy) is 2. The number of hydrogen-bond acceptors (Lipinski definition) is 10. The van der Waals surface area contributed by atoms with Crippen LogP contribution in [0.2, 0.25) is 0 Å². The van der Waals surface area contributed by atoms with E-state index >= 15 is 0 Å². The molecule has 0 unspecified atom stereocenters. The smallest absolute Gasteiger partial charge is 0.466 e. The average molecular weight is 1570 g/mol. The van der Waals surface area contributed by atoms with Gasteiger partial charge in [-0.25, -0.2) is 24.9 Å². The van der Waals surface area contributed by atoms with Crippen molar-refractivity contribution in [1.29, 1.82) is 0 Å². The van der Waals surface area contributed by atoms with E-state index in [2.05, 4.69) is 99.7 Å². The maximum absolute atomic E-state index is 6.33. The number of para-hydroxylation sites is 2. The molecule has 0 fully saturated rings. The Morgan fingerprint density at radius 3 is 1.65 bits per heavy atom. The predicted molar refractivity (Wildman–Crippen MR) is 321 cm³/mol. The van der Waals surface area contributed by atoms with E-state index in [9.17, 15) is 0 Å². The standard InChI is InChI=1S/C30H18N6O.C30H16N6O.4ClH.2K.2Pt/c2*1-2-7-23-20(6-1)21-11-10-19(18-25(21)36(23)26-9-3-4-14-31-26)37-27-13-12-22-28(34-27)24-8-5-17-35(24)30-29(22)32-15-16-33-30;;;;;;;;/h1-18H;1-7,9-17H;4*1H;;;;/q;-2;;;;;;;+2;+4/p-4. The molecule has 0 aliphatic heterocycles. The molecule has 0 bridgehead atoms. The third kappa shape index (κ3) is 11.3. The second kappa shape index (κ2) is 25.0. The fourth-order valence-electron chi connectivity index (χ4n) is 10.2. The van der Waals surface area contributed by atoms with Crippen LogP contribution in [0.25, 0.3) is 110 Å². The van der Waals surface area contributed by atoms with Crippen LogP contribution in [0.3, 0.4) is 0 Å². The molecule has 0 radical (unpaired) electrons. The molecule has 0 saturated heterocycles. The van der Waals surface area contributed by atoms with Crippen LogP contribution in [0.5, 0.6) is 23.3 Å². The van der Waals surface area contributed by atoms with Gasteiger partial charge in [-0.2, -0.15) is 18.2 Å². The number of rotatable bonds is 6. The predicted octanol–water partition coefficient (Wildman–Crippen LogP) is 15.0. The minimum atomic E-state index is -3.06. The molecule has 16 aromatic rings. The van der Waals surface area contributed by atoms with Crippen molar-refractivity contribution >= 4 is 200 Å². The van der Waals surface area contributed by atoms with Gasteiger partial charge in [0.15, 0.2) is 5.65 Å². The van der Waals surface area contributed by atoms with Gasteiger partial charge in [0.25, 0.3) is 0 Å². The third-order valence-corrected chi connectivity index (χ3v) is 13.4. The summed E-state index contributed by atoms with van der Waals surface area (Å²) < 4.78 is 20.8. The molecule has 396 valence electrons. The number of nitrogens with zero attached hydrogens (tertiary/aromatic N) is 12. The minimum absolute atomic E-state index is 0. The summed E-state index contributed by atoms with van der Waals surface area (Å²) in [5, 5.41) is 6.35. The van der Waals surface area contributed by atoms with Crippen LogP contribution in [0.4, 0.5) is 0 Å². The summed E-state index contributed by atoms with van der Waals surface area (Å²) in [6.45, 7) is 0. The molecule has 0 spiro atoms. The molecule has 0 saturated carbocycles. The first-order chi connectivity index (χ1) is 39.7. The molecule has 12 aromatic heterocycles. The summed E-state index contributed by atoms with van der Waals surface area (Å²) in [6.07, 6.45) is 14.3. The Kier molecular flexibility index (Phi) is 17.6. The number of halogens is 4. The van der Waals surface area contributed by atoms with E-state index in [4.69, 9.17) is 57.1 Å².